The highest BCUT2D eigenvalue weighted by molar-refractivity contribution is 5.79. The highest BCUT2D eigenvalue weighted by Gasteiger charge is 2.30. The molecule has 2 aromatic rings. The van der Waals surface area contributed by atoms with Gasteiger partial charge < -0.3 is 25.6 Å². The Balaban J connectivity index is 1.48. The lowest BCUT2D eigenvalue weighted by Gasteiger charge is -2.26. The van der Waals surface area contributed by atoms with E-state index in [-0.39, 0.29) is 31.4 Å². The van der Waals surface area contributed by atoms with Gasteiger partial charge in [-0.1, -0.05) is 48.5 Å². The topological polar surface area (TPSA) is 125 Å². The number of carbonyl (C=O) groups excluding carboxylic acids is 2. The van der Waals surface area contributed by atoms with Gasteiger partial charge in [-0.3, -0.25) is 9.59 Å². The maximum absolute atomic E-state index is 12.5. The van der Waals surface area contributed by atoms with Gasteiger partial charge in [0.15, 0.2) is 0 Å². The SMILES string of the molecule is CC(O)(CNC(=O)CCC(C)(C)NC(=O)OCC1c2ccccc2-c2ccccc21)CC(=O)O. The van der Waals surface area contributed by atoms with Crippen LogP contribution in [-0.4, -0.2) is 52.5 Å². The number of alkyl carbamates (subject to hydrolysis) is 1. The Morgan fingerprint density at radius 3 is 2.09 bits per heavy atom. The van der Waals surface area contributed by atoms with Gasteiger partial charge in [0.25, 0.3) is 0 Å². The van der Waals surface area contributed by atoms with Crippen LogP contribution in [-0.2, 0) is 14.3 Å². The van der Waals surface area contributed by atoms with Gasteiger partial charge in [0.2, 0.25) is 5.91 Å². The van der Waals surface area contributed by atoms with Crippen LogP contribution in [0.25, 0.3) is 11.1 Å². The first-order valence-electron chi connectivity index (χ1n) is 11.3. The molecule has 0 radical (unpaired) electrons. The second-order valence-corrected chi connectivity index (χ2v) is 9.68. The lowest BCUT2D eigenvalue weighted by Crippen LogP contribution is -2.46. The molecule has 0 aromatic heterocycles. The van der Waals surface area contributed by atoms with Crippen molar-refractivity contribution in [3.63, 3.8) is 0 Å². The highest BCUT2D eigenvalue weighted by Crippen LogP contribution is 2.44. The van der Waals surface area contributed by atoms with Crippen molar-refractivity contribution in [2.24, 2.45) is 0 Å². The number of carboxylic acids is 1. The van der Waals surface area contributed by atoms with Gasteiger partial charge in [0.05, 0.1) is 12.0 Å². The van der Waals surface area contributed by atoms with Crippen LogP contribution >= 0.6 is 0 Å². The molecule has 1 atom stereocenters. The van der Waals surface area contributed by atoms with Crippen LogP contribution in [0.3, 0.4) is 0 Å². The fourth-order valence-electron chi connectivity index (χ4n) is 4.16. The summed E-state index contributed by atoms with van der Waals surface area (Å²) in [5.41, 5.74) is 2.33. The van der Waals surface area contributed by atoms with Crippen molar-refractivity contribution in [1.82, 2.24) is 10.6 Å². The van der Waals surface area contributed by atoms with E-state index in [2.05, 4.69) is 34.9 Å². The maximum atomic E-state index is 12.5. The van der Waals surface area contributed by atoms with Crippen LogP contribution in [0.5, 0.6) is 0 Å². The van der Waals surface area contributed by atoms with Gasteiger partial charge in [0, 0.05) is 24.4 Å². The van der Waals surface area contributed by atoms with Crippen LogP contribution in [0.4, 0.5) is 4.79 Å². The minimum absolute atomic E-state index is 0.0364. The summed E-state index contributed by atoms with van der Waals surface area (Å²) in [6.07, 6.45) is -0.594. The van der Waals surface area contributed by atoms with Gasteiger partial charge in [0.1, 0.15) is 6.61 Å². The Kier molecular flexibility index (Phi) is 7.61. The molecular formula is C26H32N2O6. The molecule has 1 aliphatic rings. The van der Waals surface area contributed by atoms with Crippen molar-refractivity contribution in [3.8, 4) is 11.1 Å². The zero-order valence-electron chi connectivity index (χ0n) is 19.8. The fraction of sp³-hybridized carbons (Fsp3) is 0.423. The maximum Gasteiger partial charge on any atom is 0.407 e. The largest absolute Gasteiger partial charge is 0.481 e. The van der Waals surface area contributed by atoms with Crippen LogP contribution < -0.4 is 10.6 Å². The summed E-state index contributed by atoms with van der Waals surface area (Å²) in [6, 6.07) is 16.2. The predicted molar refractivity (Wildman–Crippen MR) is 127 cm³/mol. The number of aliphatic carboxylic acids is 1. The lowest BCUT2D eigenvalue weighted by molar-refractivity contribution is -0.142. The number of amides is 2. The van der Waals surface area contributed by atoms with E-state index in [0.717, 1.165) is 22.3 Å². The third kappa shape index (κ3) is 6.57. The number of ether oxygens (including phenoxy) is 1. The van der Waals surface area contributed by atoms with Crippen molar-refractivity contribution >= 4 is 18.0 Å². The summed E-state index contributed by atoms with van der Waals surface area (Å²) >= 11 is 0. The van der Waals surface area contributed by atoms with Crippen molar-refractivity contribution in [1.29, 1.82) is 0 Å². The normalized spacial score (nSPS) is 14.5. The second kappa shape index (κ2) is 10.3. The number of nitrogens with one attached hydrogen (secondary N) is 2. The van der Waals surface area contributed by atoms with Gasteiger partial charge >= 0.3 is 12.1 Å². The summed E-state index contributed by atoms with van der Waals surface area (Å²) in [5.74, 6) is -1.52. The molecule has 182 valence electrons. The smallest absolute Gasteiger partial charge is 0.407 e. The third-order valence-electron chi connectivity index (χ3n) is 5.96. The van der Waals surface area contributed by atoms with Crippen LogP contribution in [0.2, 0.25) is 0 Å². The van der Waals surface area contributed by atoms with Gasteiger partial charge in [-0.25, -0.2) is 4.79 Å². The molecule has 3 rings (SSSR count). The Labute approximate surface area is 199 Å². The van der Waals surface area contributed by atoms with Crippen LogP contribution in [0.15, 0.2) is 48.5 Å². The van der Waals surface area contributed by atoms with Gasteiger partial charge in [-0.15, -0.1) is 0 Å². The molecule has 0 heterocycles. The first kappa shape index (κ1) is 25.2. The Bertz CT molecular complexity index is 1020. The monoisotopic (exact) mass is 468 g/mol. The molecule has 2 aromatic carbocycles. The van der Waals surface area contributed by atoms with E-state index in [9.17, 15) is 19.5 Å². The summed E-state index contributed by atoms with van der Waals surface area (Å²) < 4.78 is 5.57. The quantitative estimate of drug-likeness (QED) is 0.423. The molecule has 0 aliphatic heterocycles. The molecule has 34 heavy (non-hydrogen) atoms. The molecule has 0 fully saturated rings. The summed E-state index contributed by atoms with van der Waals surface area (Å²) in [6.45, 7) is 4.97. The number of fused-ring (bicyclic) bond motifs is 3. The van der Waals surface area contributed by atoms with Crippen molar-refractivity contribution in [3.05, 3.63) is 59.7 Å². The standard InChI is InChI=1S/C26H32N2O6/c1-25(2,13-12-22(29)27-16-26(3,33)14-23(30)31)28-24(32)34-15-21-19-10-6-4-8-17(19)18-9-5-7-11-20(18)21/h4-11,21,33H,12-16H2,1-3H3,(H,27,29)(H,28,32)(H,30,31). The zero-order chi connectivity index (χ0) is 24.9. The number of hydrogen-bond acceptors (Lipinski definition) is 5. The minimum atomic E-state index is -1.53. The Hall–Kier alpha value is -3.39. The summed E-state index contributed by atoms with van der Waals surface area (Å²) in [4.78, 5) is 35.4. The van der Waals surface area contributed by atoms with Gasteiger partial charge in [-0.2, -0.15) is 0 Å². The number of aliphatic hydroxyl groups is 1. The molecule has 2 amide bonds. The number of carbonyl (C=O) groups is 3. The molecule has 0 saturated heterocycles. The molecular weight excluding hydrogens is 436 g/mol. The number of benzene rings is 2. The number of hydrogen-bond donors (Lipinski definition) is 4. The third-order valence-corrected chi connectivity index (χ3v) is 5.96. The molecule has 0 bridgehead atoms. The van der Waals surface area contributed by atoms with Crippen molar-refractivity contribution < 1.29 is 29.3 Å². The van der Waals surface area contributed by atoms with E-state index in [1.807, 2.05) is 24.3 Å². The van der Waals surface area contributed by atoms with Crippen molar-refractivity contribution in [2.75, 3.05) is 13.2 Å². The predicted octanol–water partition coefficient (Wildman–Crippen LogP) is 3.43. The van der Waals surface area contributed by atoms with E-state index in [1.165, 1.54) is 6.92 Å². The zero-order valence-corrected chi connectivity index (χ0v) is 19.8. The summed E-state index contributed by atoms with van der Waals surface area (Å²) in [7, 11) is 0. The highest BCUT2D eigenvalue weighted by atomic mass is 16.5. The minimum Gasteiger partial charge on any atom is -0.481 e. The second-order valence-electron chi connectivity index (χ2n) is 9.68. The molecule has 8 nitrogen and oxygen atoms in total. The fourth-order valence-corrected chi connectivity index (χ4v) is 4.16. The van der Waals surface area contributed by atoms with Crippen LogP contribution in [0.1, 0.15) is 57.1 Å². The van der Waals surface area contributed by atoms with E-state index in [4.69, 9.17) is 9.84 Å². The molecule has 1 unspecified atom stereocenters. The van der Waals surface area contributed by atoms with Gasteiger partial charge in [-0.05, 0) is 49.4 Å². The van der Waals surface area contributed by atoms with Crippen molar-refractivity contribution in [2.45, 2.75) is 57.1 Å². The lowest BCUT2D eigenvalue weighted by atomic mass is 9.97. The average molecular weight is 469 g/mol. The molecule has 0 saturated carbocycles. The molecule has 8 heteroatoms. The molecule has 4 N–H and O–H groups in total. The molecule has 0 spiro atoms. The first-order chi connectivity index (χ1) is 16.0. The van der Waals surface area contributed by atoms with Crippen LogP contribution in [0, 0.1) is 0 Å². The Morgan fingerprint density at radius 1 is 0.971 bits per heavy atom. The van der Waals surface area contributed by atoms with E-state index < -0.39 is 29.6 Å². The Morgan fingerprint density at radius 2 is 1.53 bits per heavy atom. The van der Waals surface area contributed by atoms with E-state index in [1.54, 1.807) is 13.8 Å². The average Bonchev–Trinajstić information content (AvgIpc) is 3.08. The summed E-state index contributed by atoms with van der Waals surface area (Å²) in [5, 5.41) is 24.1. The first-order valence-corrected chi connectivity index (χ1v) is 11.3. The van der Waals surface area contributed by atoms with E-state index >= 15 is 0 Å². The molecule has 1 aliphatic carbocycles. The number of rotatable bonds is 10. The van der Waals surface area contributed by atoms with E-state index in [0.29, 0.717) is 6.42 Å². The number of carboxylic acid groups (broad SMARTS) is 1.